The quantitative estimate of drug-likeness (QED) is 0.502. The molecule has 2 amide bonds. The van der Waals surface area contributed by atoms with Crippen LogP contribution in [0.25, 0.3) is 0 Å². The van der Waals surface area contributed by atoms with Crippen LogP contribution in [-0.2, 0) is 26.3 Å². The van der Waals surface area contributed by atoms with E-state index in [0.29, 0.717) is 10.7 Å². The molecule has 1 atom stereocenters. The van der Waals surface area contributed by atoms with Crippen LogP contribution in [0.15, 0.2) is 54.6 Å². The lowest BCUT2D eigenvalue weighted by Crippen LogP contribution is -2.53. The van der Waals surface area contributed by atoms with Gasteiger partial charge in [0.05, 0.1) is 5.69 Å². The third kappa shape index (κ3) is 7.21. The molecule has 10 heteroatoms. The van der Waals surface area contributed by atoms with Crippen molar-refractivity contribution in [2.45, 2.75) is 57.7 Å². The summed E-state index contributed by atoms with van der Waals surface area (Å²) in [5, 5.41) is 3.65. The number of carbonyl (C=O) groups excluding carboxylic acids is 2. The average Bonchev–Trinajstić information content (AvgIpc) is 2.87. The van der Waals surface area contributed by atoms with Crippen molar-refractivity contribution in [2.24, 2.45) is 0 Å². The number of hydrogen-bond acceptors (Lipinski definition) is 4. The Morgan fingerprint density at radius 2 is 1.61 bits per heavy atom. The molecule has 0 aliphatic heterocycles. The van der Waals surface area contributed by atoms with E-state index in [0.717, 1.165) is 39.9 Å². The summed E-state index contributed by atoms with van der Waals surface area (Å²) in [5.74, 6) is -0.725. The van der Waals surface area contributed by atoms with Crippen LogP contribution in [0.2, 0.25) is 5.02 Å². The van der Waals surface area contributed by atoms with Gasteiger partial charge in [0.2, 0.25) is 11.8 Å². The normalized spacial score (nSPS) is 15.4. The first-order chi connectivity index (χ1) is 17.1. The van der Waals surface area contributed by atoms with E-state index < -0.39 is 28.7 Å². The fraction of sp³-hybridized carbons (Fsp3) is 0.462. The largest absolute Gasteiger partial charge is 0.352 e. The topological polar surface area (TPSA) is 90.0 Å². The summed E-state index contributed by atoms with van der Waals surface area (Å²) in [7, 11) is -1.13. The van der Waals surface area contributed by atoms with E-state index in [2.05, 4.69) is 5.32 Å². The fourth-order valence-electron chi connectivity index (χ4n) is 4.25. The Bertz CT molecular complexity index is 1120. The first kappa shape index (κ1) is 28.0. The zero-order valence-corrected chi connectivity index (χ0v) is 22.6. The Kier molecular flexibility index (Phi) is 9.76. The van der Waals surface area contributed by atoms with Gasteiger partial charge in [0.15, 0.2) is 0 Å². The third-order valence-corrected chi connectivity index (χ3v) is 8.52. The minimum absolute atomic E-state index is 0.0936. The molecule has 0 spiro atoms. The van der Waals surface area contributed by atoms with E-state index in [-0.39, 0.29) is 18.5 Å². The van der Waals surface area contributed by atoms with E-state index in [1.165, 1.54) is 25.4 Å². The van der Waals surface area contributed by atoms with Crippen LogP contribution < -0.4 is 9.62 Å². The summed E-state index contributed by atoms with van der Waals surface area (Å²) in [6.45, 7) is 1.37. The highest BCUT2D eigenvalue weighted by Crippen LogP contribution is 2.22. The van der Waals surface area contributed by atoms with Gasteiger partial charge in [-0.05, 0) is 49.6 Å². The Balaban J connectivity index is 1.88. The number of rotatable bonds is 10. The van der Waals surface area contributed by atoms with Crippen molar-refractivity contribution in [3.63, 3.8) is 0 Å². The number of para-hydroxylation sites is 1. The lowest BCUT2D eigenvalue weighted by molar-refractivity contribution is -0.139. The van der Waals surface area contributed by atoms with Gasteiger partial charge in [-0.1, -0.05) is 61.2 Å². The number of nitrogens with one attached hydrogen (secondary N) is 1. The van der Waals surface area contributed by atoms with Crippen LogP contribution in [0.5, 0.6) is 0 Å². The molecule has 3 rings (SSSR count). The van der Waals surface area contributed by atoms with Gasteiger partial charge in [-0.25, -0.2) is 4.31 Å². The van der Waals surface area contributed by atoms with Gasteiger partial charge in [-0.3, -0.25) is 9.59 Å². The maximum absolute atomic E-state index is 13.7. The molecule has 0 saturated heterocycles. The molecule has 0 radical (unpaired) electrons. The first-order valence-corrected chi connectivity index (χ1v) is 14.0. The van der Waals surface area contributed by atoms with Gasteiger partial charge in [0.1, 0.15) is 12.6 Å². The number of amides is 2. The highest BCUT2D eigenvalue weighted by molar-refractivity contribution is 7.90. The maximum atomic E-state index is 13.7. The fourth-order valence-corrected chi connectivity index (χ4v) is 5.43. The predicted octanol–water partition coefficient (Wildman–Crippen LogP) is 3.82. The van der Waals surface area contributed by atoms with Crippen molar-refractivity contribution in [2.75, 3.05) is 24.9 Å². The maximum Gasteiger partial charge on any atom is 0.304 e. The third-order valence-electron chi connectivity index (χ3n) is 6.45. The second-order valence-corrected chi connectivity index (χ2v) is 11.8. The minimum Gasteiger partial charge on any atom is -0.352 e. The highest BCUT2D eigenvalue weighted by atomic mass is 35.5. The molecule has 0 bridgehead atoms. The molecule has 1 saturated carbocycles. The van der Waals surface area contributed by atoms with Crippen LogP contribution in [0, 0.1) is 0 Å². The van der Waals surface area contributed by atoms with E-state index in [9.17, 15) is 18.0 Å². The van der Waals surface area contributed by atoms with E-state index in [1.54, 1.807) is 61.5 Å². The number of halogens is 1. The summed E-state index contributed by atoms with van der Waals surface area (Å²) in [6.07, 6.45) is 5.15. The second-order valence-electron chi connectivity index (χ2n) is 9.30. The van der Waals surface area contributed by atoms with Gasteiger partial charge < -0.3 is 10.2 Å². The summed E-state index contributed by atoms with van der Waals surface area (Å²) < 4.78 is 28.4. The van der Waals surface area contributed by atoms with E-state index >= 15 is 0 Å². The number of anilines is 1. The number of nitrogens with zero attached hydrogens (tertiary/aromatic N) is 3. The molecular formula is C26H35ClN4O4S. The van der Waals surface area contributed by atoms with Crippen LogP contribution in [-0.4, -0.2) is 62.2 Å². The summed E-state index contributed by atoms with van der Waals surface area (Å²) >= 11 is 6.03. The Morgan fingerprint density at radius 1 is 1.00 bits per heavy atom. The summed E-state index contributed by atoms with van der Waals surface area (Å²) in [4.78, 5) is 28.3. The van der Waals surface area contributed by atoms with Gasteiger partial charge in [-0.15, -0.1) is 0 Å². The number of hydrogen-bond donors (Lipinski definition) is 1. The minimum atomic E-state index is -3.97. The average molecular weight is 535 g/mol. The van der Waals surface area contributed by atoms with Gasteiger partial charge in [0, 0.05) is 31.7 Å². The van der Waals surface area contributed by atoms with Crippen molar-refractivity contribution in [1.82, 2.24) is 14.5 Å². The zero-order valence-electron chi connectivity index (χ0n) is 21.1. The van der Waals surface area contributed by atoms with E-state index in [4.69, 9.17) is 11.6 Å². The van der Waals surface area contributed by atoms with Gasteiger partial charge in [-0.2, -0.15) is 12.7 Å². The van der Waals surface area contributed by atoms with Crippen molar-refractivity contribution in [3.05, 3.63) is 65.2 Å². The SMILES string of the molecule is C[C@H](C(=O)NC1CCCCC1)N(Cc1ccc(Cl)cc1)C(=O)CN(c1ccccc1)S(=O)(=O)N(C)C. The predicted molar refractivity (Wildman–Crippen MR) is 143 cm³/mol. The molecule has 36 heavy (non-hydrogen) atoms. The molecule has 0 heterocycles. The molecule has 1 fully saturated rings. The van der Waals surface area contributed by atoms with Crippen LogP contribution in [0.1, 0.15) is 44.6 Å². The molecule has 8 nitrogen and oxygen atoms in total. The van der Waals surface area contributed by atoms with Crippen molar-refractivity contribution in [1.29, 1.82) is 0 Å². The molecule has 196 valence electrons. The van der Waals surface area contributed by atoms with Crippen LogP contribution in [0.4, 0.5) is 5.69 Å². The molecule has 2 aromatic rings. The molecule has 2 aromatic carbocycles. The van der Waals surface area contributed by atoms with Gasteiger partial charge in [0.25, 0.3) is 0 Å². The van der Waals surface area contributed by atoms with Crippen LogP contribution >= 0.6 is 11.6 Å². The number of carbonyl (C=O) groups is 2. The zero-order chi connectivity index (χ0) is 26.3. The molecule has 1 aliphatic carbocycles. The van der Waals surface area contributed by atoms with Crippen molar-refractivity contribution in [3.8, 4) is 0 Å². The van der Waals surface area contributed by atoms with E-state index in [1.807, 2.05) is 0 Å². The molecule has 1 aliphatic rings. The lowest BCUT2D eigenvalue weighted by atomic mass is 9.95. The lowest BCUT2D eigenvalue weighted by Gasteiger charge is -2.33. The highest BCUT2D eigenvalue weighted by Gasteiger charge is 2.33. The second kappa shape index (κ2) is 12.6. The summed E-state index contributed by atoms with van der Waals surface area (Å²) in [5.41, 5.74) is 1.15. The summed E-state index contributed by atoms with van der Waals surface area (Å²) in [6, 6.07) is 14.8. The molecule has 1 N–H and O–H groups in total. The Hall–Kier alpha value is -2.62. The van der Waals surface area contributed by atoms with Gasteiger partial charge >= 0.3 is 10.2 Å². The van der Waals surface area contributed by atoms with Crippen LogP contribution in [0.3, 0.4) is 0 Å². The monoisotopic (exact) mass is 534 g/mol. The Morgan fingerprint density at radius 3 is 2.19 bits per heavy atom. The van der Waals surface area contributed by atoms with Crippen molar-refractivity contribution < 1.29 is 18.0 Å². The molecule has 0 unspecified atom stereocenters. The smallest absolute Gasteiger partial charge is 0.304 e. The van der Waals surface area contributed by atoms with Crippen molar-refractivity contribution >= 4 is 39.3 Å². The number of benzene rings is 2. The Labute approximate surface area is 219 Å². The standard InChI is InChI=1S/C26H35ClN4O4S/c1-20(26(33)28-23-10-6-4-7-11-23)30(18-21-14-16-22(27)17-15-21)25(32)19-31(36(34,35)29(2)3)24-12-8-5-9-13-24/h5,8-9,12-17,20,23H,4,6-7,10-11,18-19H2,1-3H3,(H,28,33)/t20-/m1/s1. The molecular weight excluding hydrogens is 500 g/mol. The molecule has 0 aromatic heterocycles. The first-order valence-electron chi connectivity index (χ1n) is 12.2.